The second kappa shape index (κ2) is 4.99. The predicted octanol–water partition coefficient (Wildman–Crippen LogP) is 1.51. The van der Waals surface area contributed by atoms with Crippen LogP contribution in [0.25, 0.3) is 0 Å². The van der Waals surface area contributed by atoms with Crippen LogP contribution in [0.4, 0.5) is 13.2 Å². The van der Waals surface area contributed by atoms with E-state index in [2.05, 4.69) is 20.7 Å². The highest BCUT2D eigenvalue weighted by molar-refractivity contribution is 9.11. The maximum absolute atomic E-state index is 12.3. The molecule has 14 heavy (non-hydrogen) atoms. The Bertz CT molecular complexity index is 219. The van der Waals surface area contributed by atoms with E-state index in [-0.39, 0.29) is 6.61 Å². The van der Waals surface area contributed by atoms with Crippen LogP contribution in [0.3, 0.4) is 0 Å². The lowest BCUT2D eigenvalue weighted by molar-refractivity contribution is -0.237. The maximum Gasteiger partial charge on any atom is 0.423 e. The molecule has 0 aromatic carbocycles. The first-order valence-electron chi connectivity index (χ1n) is 3.76. The van der Waals surface area contributed by atoms with E-state index in [9.17, 15) is 18.3 Å². The van der Waals surface area contributed by atoms with E-state index < -0.39 is 22.8 Å². The normalized spacial score (nSPS) is 17.8. The molecular weight excluding hydrogens is 267 g/mol. The molecule has 0 aliphatic rings. The first-order chi connectivity index (χ1) is 6.29. The smallest absolute Gasteiger partial charge is 0.423 e. The second-order valence-electron chi connectivity index (χ2n) is 2.48. The monoisotopic (exact) mass is 277 g/mol. The Morgan fingerprint density at radius 3 is 2.36 bits per heavy atom. The number of halogens is 4. The van der Waals surface area contributed by atoms with Gasteiger partial charge in [-0.1, -0.05) is 0 Å². The topological polar surface area (TPSA) is 55.5 Å². The molecule has 1 unspecified atom stereocenters. The average molecular weight is 278 g/mol. The van der Waals surface area contributed by atoms with E-state index in [1.165, 1.54) is 0 Å². The summed E-state index contributed by atoms with van der Waals surface area (Å²) in [6, 6.07) is 0. The summed E-state index contributed by atoms with van der Waals surface area (Å²) in [5.41, 5.74) is 1.79. The van der Waals surface area contributed by atoms with Crippen molar-refractivity contribution in [3.8, 4) is 0 Å². The minimum absolute atomic E-state index is 0.202. The van der Waals surface area contributed by atoms with Crippen molar-refractivity contribution in [2.75, 3.05) is 13.2 Å². The third-order valence-electron chi connectivity index (χ3n) is 1.51. The van der Waals surface area contributed by atoms with Crippen LogP contribution in [-0.2, 0) is 4.74 Å². The van der Waals surface area contributed by atoms with Crippen molar-refractivity contribution in [1.82, 2.24) is 0 Å². The first kappa shape index (κ1) is 13.7. The van der Waals surface area contributed by atoms with Gasteiger partial charge in [0, 0.05) is 6.54 Å². The molecule has 0 radical (unpaired) electrons. The van der Waals surface area contributed by atoms with Crippen molar-refractivity contribution in [2.45, 2.75) is 18.7 Å². The van der Waals surface area contributed by atoms with E-state index in [1.54, 1.807) is 6.92 Å². The van der Waals surface area contributed by atoms with Crippen LogP contribution in [0.1, 0.15) is 6.92 Å². The summed E-state index contributed by atoms with van der Waals surface area (Å²) in [7, 11) is 0. The number of nitrogens with two attached hydrogens (primary N) is 1. The number of rotatable bonds is 4. The first-order valence-corrected chi connectivity index (χ1v) is 4.55. The fourth-order valence-electron chi connectivity index (χ4n) is 0.603. The Kier molecular flexibility index (Phi) is 4.90. The van der Waals surface area contributed by atoms with Gasteiger partial charge in [0.25, 0.3) is 0 Å². The van der Waals surface area contributed by atoms with Crippen LogP contribution in [0.5, 0.6) is 0 Å². The SMILES string of the molecule is CCO/C=C(\Br)C(O)(CN)C(F)(F)F. The second-order valence-corrected chi connectivity index (χ2v) is 3.34. The van der Waals surface area contributed by atoms with Gasteiger partial charge >= 0.3 is 6.18 Å². The Morgan fingerprint density at radius 1 is 1.57 bits per heavy atom. The molecule has 3 nitrogen and oxygen atoms in total. The summed E-state index contributed by atoms with van der Waals surface area (Å²) < 4.78 is 41.1. The van der Waals surface area contributed by atoms with Gasteiger partial charge < -0.3 is 15.6 Å². The largest absolute Gasteiger partial charge is 0.501 e. The highest BCUT2D eigenvalue weighted by Crippen LogP contribution is 2.38. The molecule has 3 N–H and O–H groups in total. The van der Waals surface area contributed by atoms with Gasteiger partial charge in [-0.15, -0.1) is 0 Å². The fourth-order valence-corrected chi connectivity index (χ4v) is 1.12. The van der Waals surface area contributed by atoms with Gasteiger partial charge in [0.15, 0.2) is 0 Å². The van der Waals surface area contributed by atoms with Crippen LogP contribution < -0.4 is 5.73 Å². The van der Waals surface area contributed by atoms with Crippen molar-refractivity contribution >= 4 is 15.9 Å². The number of hydrogen-bond donors (Lipinski definition) is 2. The van der Waals surface area contributed by atoms with E-state index >= 15 is 0 Å². The highest BCUT2D eigenvalue weighted by atomic mass is 79.9. The van der Waals surface area contributed by atoms with Crippen LogP contribution in [0, 0.1) is 0 Å². The minimum atomic E-state index is -4.84. The molecule has 0 saturated carbocycles. The van der Waals surface area contributed by atoms with Crippen LogP contribution in [0.2, 0.25) is 0 Å². The van der Waals surface area contributed by atoms with Gasteiger partial charge in [-0.3, -0.25) is 0 Å². The molecule has 0 saturated heterocycles. The molecule has 0 rings (SSSR count). The van der Waals surface area contributed by atoms with Gasteiger partial charge in [0.05, 0.1) is 17.4 Å². The van der Waals surface area contributed by atoms with Crippen molar-refractivity contribution in [2.24, 2.45) is 5.73 Å². The van der Waals surface area contributed by atoms with Crippen molar-refractivity contribution in [1.29, 1.82) is 0 Å². The number of alkyl halides is 3. The predicted molar refractivity (Wildman–Crippen MR) is 48.7 cm³/mol. The molecular formula is C7H11BrF3NO2. The Morgan fingerprint density at radius 2 is 2.07 bits per heavy atom. The number of aliphatic hydroxyl groups is 1. The summed E-state index contributed by atoms with van der Waals surface area (Å²) in [5, 5.41) is 9.21. The van der Waals surface area contributed by atoms with Gasteiger partial charge in [-0.2, -0.15) is 13.2 Å². The number of ether oxygens (including phenoxy) is 1. The Balaban J connectivity index is 4.86. The van der Waals surface area contributed by atoms with Gasteiger partial charge in [-0.25, -0.2) is 0 Å². The summed E-state index contributed by atoms with van der Waals surface area (Å²) in [4.78, 5) is 0. The van der Waals surface area contributed by atoms with Gasteiger partial charge in [-0.05, 0) is 22.9 Å². The zero-order chi connectivity index (χ0) is 11.4. The minimum Gasteiger partial charge on any atom is -0.501 e. The molecule has 0 amide bonds. The summed E-state index contributed by atoms with van der Waals surface area (Å²) in [6.07, 6.45) is -4.05. The molecule has 0 bridgehead atoms. The van der Waals surface area contributed by atoms with E-state index in [1.807, 2.05) is 0 Å². The zero-order valence-electron chi connectivity index (χ0n) is 7.44. The Hall–Kier alpha value is -0.270. The van der Waals surface area contributed by atoms with Crippen LogP contribution >= 0.6 is 15.9 Å². The summed E-state index contributed by atoms with van der Waals surface area (Å²) in [5.74, 6) is 0. The van der Waals surface area contributed by atoms with Crippen molar-refractivity contribution in [3.05, 3.63) is 10.7 Å². The third-order valence-corrected chi connectivity index (χ3v) is 2.36. The fraction of sp³-hybridized carbons (Fsp3) is 0.714. The van der Waals surface area contributed by atoms with E-state index in [0.29, 0.717) is 0 Å². The lowest BCUT2D eigenvalue weighted by atomic mass is 10.0. The van der Waals surface area contributed by atoms with E-state index in [4.69, 9.17) is 5.73 Å². The third kappa shape index (κ3) is 2.86. The summed E-state index contributed by atoms with van der Waals surface area (Å²) >= 11 is 2.58. The molecule has 1 atom stereocenters. The van der Waals surface area contributed by atoms with Gasteiger partial charge in [0.1, 0.15) is 0 Å². The van der Waals surface area contributed by atoms with Crippen LogP contribution in [-0.4, -0.2) is 30.0 Å². The molecule has 0 spiro atoms. The molecule has 0 heterocycles. The molecule has 0 fully saturated rings. The average Bonchev–Trinajstić information content (AvgIpc) is 2.10. The lowest BCUT2D eigenvalue weighted by Gasteiger charge is -2.28. The van der Waals surface area contributed by atoms with E-state index in [0.717, 1.165) is 6.26 Å². The van der Waals surface area contributed by atoms with Crippen molar-refractivity contribution < 1.29 is 23.0 Å². The van der Waals surface area contributed by atoms with Crippen molar-refractivity contribution in [3.63, 3.8) is 0 Å². The Labute approximate surface area is 87.9 Å². The molecule has 7 heteroatoms. The lowest BCUT2D eigenvalue weighted by Crippen LogP contribution is -2.51. The zero-order valence-corrected chi connectivity index (χ0v) is 9.02. The molecule has 0 aromatic heterocycles. The summed E-state index contributed by atoms with van der Waals surface area (Å²) in [6.45, 7) is 0.833. The molecule has 84 valence electrons. The molecule has 0 aromatic rings. The molecule has 0 aliphatic carbocycles. The highest BCUT2D eigenvalue weighted by Gasteiger charge is 2.55. The standard InChI is InChI=1S/C7H11BrF3NO2/c1-2-14-3-5(8)6(13,4-12)7(9,10)11/h3,13H,2,4,12H2,1H3/b5-3-. The van der Waals surface area contributed by atoms with Crippen LogP contribution in [0.15, 0.2) is 10.7 Å². The quantitative estimate of drug-likeness (QED) is 0.766. The number of hydrogen-bond acceptors (Lipinski definition) is 3. The maximum atomic E-state index is 12.3. The molecule has 0 aliphatic heterocycles. The van der Waals surface area contributed by atoms with Gasteiger partial charge in [0.2, 0.25) is 5.60 Å².